The molecule has 8 heteroatoms. The SMILES string of the molecule is CC(=O)c1ccc(N2CCN(Cn3nnn(-c4ccccc4)c3=O)CC2)cc1. The van der Waals surface area contributed by atoms with Crippen LogP contribution < -0.4 is 10.6 Å². The quantitative estimate of drug-likeness (QED) is 0.625. The fourth-order valence-electron chi connectivity index (χ4n) is 3.34. The number of aromatic nitrogens is 4. The molecule has 0 N–H and O–H groups in total. The molecule has 8 nitrogen and oxygen atoms in total. The van der Waals surface area contributed by atoms with Gasteiger partial charge in [0.15, 0.2) is 5.78 Å². The van der Waals surface area contributed by atoms with E-state index in [1.807, 2.05) is 54.6 Å². The van der Waals surface area contributed by atoms with Crippen LogP contribution in [-0.4, -0.2) is 56.7 Å². The zero-order valence-corrected chi connectivity index (χ0v) is 15.7. The lowest BCUT2D eigenvalue weighted by Gasteiger charge is -2.35. The number of Topliss-reactive ketones (excluding diaryl/α,β-unsaturated/α-hetero) is 1. The van der Waals surface area contributed by atoms with Gasteiger partial charge in [-0.25, -0.2) is 4.79 Å². The zero-order chi connectivity index (χ0) is 19.5. The van der Waals surface area contributed by atoms with Crippen LogP contribution in [0.1, 0.15) is 17.3 Å². The Kier molecular flexibility index (Phi) is 5.03. The Morgan fingerprint density at radius 2 is 1.57 bits per heavy atom. The monoisotopic (exact) mass is 378 g/mol. The molecule has 2 heterocycles. The Morgan fingerprint density at radius 1 is 0.893 bits per heavy atom. The number of nitrogens with zero attached hydrogens (tertiary/aromatic N) is 6. The summed E-state index contributed by atoms with van der Waals surface area (Å²) in [5.41, 5.74) is 2.30. The lowest BCUT2D eigenvalue weighted by Crippen LogP contribution is -2.48. The maximum atomic E-state index is 12.6. The summed E-state index contributed by atoms with van der Waals surface area (Å²) in [4.78, 5) is 28.4. The normalized spacial score (nSPS) is 15.0. The second kappa shape index (κ2) is 7.77. The third-order valence-corrected chi connectivity index (χ3v) is 4.99. The van der Waals surface area contributed by atoms with Gasteiger partial charge in [-0.1, -0.05) is 18.2 Å². The molecule has 1 aliphatic heterocycles. The fraction of sp³-hybridized carbons (Fsp3) is 0.300. The number of benzene rings is 2. The van der Waals surface area contributed by atoms with Crippen LogP contribution in [0.2, 0.25) is 0 Å². The first kappa shape index (κ1) is 18.1. The summed E-state index contributed by atoms with van der Waals surface area (Å²) in [5.74, 6) is 0.0744. The van der Waals surface area contributed by atoms with Gasteiger partial charge in [-0.3, -0.25) is 9.69 Å². The lowest BCUT2D eigenvalue weighted by molar-refractivity contribution is 0.101. The molecule has 0 amide bonds. The molecule has 0 aliphatic carbocycles. The van der Waals surface area contributed by atoms with Crippen molar-refractivity contribution in [3.05, 3.63) is 70.6 Å². The van der Waals surface area contributed by atoms with E-state index >= 15 is 0 Å². The van der Waals surface area contributed by atoms with E-state index in [0.29, 0.717) is 12.4 Å². The summed E-state index contributed by atoms with van der Waals surface area (Å²) in [6.07, 6.45) is 0. The number of tetrazole rings is 1. The van der Waals surface area contributed by atoms with Gasteiger partial charge >= 0.3 is 5.69 Å². The average Bonchev–Trinajstić information content (AvgIpc) is 3.09. The van der Waals surface area contributed by atoms with Crippen LogP contribution in [0.15, 0.2) is 59.4 Å². The second-order valence-corrected chi connectivity index (χ2v) is 6.86. The van der Waals surface area contributed by atoms with Crippen LogP contribution >= 0.6 is 0 Å². The van der Waals surface area contributed by atoms with E-state index in [-0.39, 0.29) is 11.5 Å². The number of carbonyl (C=O) groups excluding carboxylic acids is 1. The van der Waals surface area contributed by atoms with Gasteiger partial charge in [-0.15, -0.1) is 0 Å². The molecule has 0 unspecified atom stereocenters. The maximum Gasteiger partial charge on any atom is 0.369 e. The number of ketones is 1. The summed E-state index contributed by atoms with van der Waals surface area (Å²) < 4.78 is 2.71. The van der Waals surface area contributed by atoms with Crippen LogP contribution in [0, 0.1) is 0 Å². The van der Waals surface area contributed by atoms with E-state index in [4.69, 9.17) is 0 Å². The molecule has 4 rings (SSSR count). The number of para-hydroxylation sites is 1. The van der Waals surface area contributed by atoms with Gasteiger partial charge in [0.2, 0.25) is 0 Å². The Balaban J connectivity index is 1.38. The number of carbonyl (C=O) groups is 1. The summed E-state index contributed by atoms with van der Waals surface area (Å²) in [6, 6.07) is 17.0. The summed E-state index contributed by atoms with van der Waals surface area (Å²) in [7, 11) is 0. The Hall–Kier alpha value is -3.26. The Bertz CT molecular complexity index is 1000. The van der Waals surface area contributed by atoms with Crippen molar-refractivity contribution >= 4 is 11.5 Å². The van der Waals surface area contributed by atoms with E-state index < -0.39 is 0 Å². The highest BCUT2D eigenvalue weighted by Gasteiger charge is 2.19. The Morgan fingerprint density at radius 3 is 2.21 bits per heavy atom. The number of anilines is 1. The van der Waals surface area contributed by atoms with Crippen molar-refractivity contribution < 1.29 is 4.79 Å². The first-order chi connectivity index (χ1) is 13.6. The molecule has 1 aliphatic rings. The van der Waals surface area contributed by atoms with Gasteiger partial charge in [0.05, 0.1) is 5.69 Å². The molecule has 1 fully saturated rings. The van der Waals surface area contributed by atoms with Gasteiger partial charge in [0.25, 0.3) is 0 Å². The summed E-state index contributed by atoms with van der Waals surface area (Å²) >= 11 is 0. The molecule has 1 saturated heterocycles. The minimum absolute atomic E-state index is 0.0744. The van der Waals surface area contributed by atoms with E-state index in [9.17, 15) is 9.59 Å². The number of hydrogen-bond acceptors (Lipinski definition) is 6. The smallest absolute Gasteiger partial charge is 0.369 e. The highest BCUT2D eigenvalue weighted by molar-refractivity contribution is 5.94. The molecule has 0 radical (unpaired) electrons. The fourth-order valence-corrected chi connectivity index (χ4v) is 3.34. The predicted molar refractivity (Wildman–Crippen MR) is 106 cm³/mol. The standard InChI is InChI=1S/C20H22N6O2/c1-16(27)17-7-9-18(10-8-17)24-13-11-23(12-14-24)15-25-20(28)26(22-21-25)19-5-3-2-4-6-19/h2-10H,11-15H2,1H3. The van der Waals surface area contributed by atoms with E-state index in [2.05, 4.69) is 20.2 Å². The van der Waals surface area contributed by atoms with Gasteiger partial charge in [-0.2, -0.15) is 9.36 Å². The van der Waals surface area contributed by atoms with Gasteiger partial charge in [-0.05, 0) is 53.7 Å². The highest BCUT2D eigenvalue weighted by Crippen LogP contribution is 2.17. The van der Waals surface area contributed by atoms with Crippen molar-refractivity contribution in [1.29, 1.82) is 0 Å². The summed E-state index contributed by atoms with van der Waals surface area (Å²) in [6.45, 7) is 5.33. The third kappa shape index (κ3) is 3.72. The van der Waals surface area contributed by atoms with Crippen molar-refractivity contribution in [1.82, 2.24) is 24.7 Å². The van der Waals surface area contributed by atoms with Crippen LogP contribution in [-0.2, 0) is 6.67 Å². The molecule has 0 bridgehead atoms. The van der Waals surface area contributed by atoms with Crippen molar-refractivity contribution in [2.45, 2.75) is 13.6 Å². The molecule has 2 aromatic carbocycles. The van der Waals surface area contributed by atoms with Crippen molar-refractivity contribution in [2.75, 3.05) is 31.1 Å². The molecule has 3 aromatic rings. The molecule has 1 aromatic heterocycles. The van der Waals surface area contributed by atoms with Gasteiger partial charge in [0, 0.05) is 37.4 Å². The maximum absolute atomic E-state index is 12.6. The predicted octanol–water partition coefficient (Wildman–Crippen LogP) is 1.41. The van der Waals surface area contributed by atoms with Crippen LogP contribution in [0.4, 0.5) is 5.69 Å². The molecule has 144 valence electrons. The molecular weight excluding hydrogens is 356 g/mol. The number of rotatable bonds is 5. The third-order valence-electron chi connectivity index (χ3n) is 4.99. The minimum atomic E-state index is -0.242. The molecule has 28 heavy (non-hydrogen) atoms. The van der Waals surface area contributed by atoms with Gasteiger partial charge < -0.3 is 4.90 Å². The topological polar surface area (TPSA) is 76.3 Å². The van der Waals surface area contributed by atoms with Crippen LogP contribution in [0.3, 0.4) is 0 Å². The Labute approximate surface area is 162 Å². The first-order valence-electron chi connectivity index (χ1n) is 9.28. The van der Waals surface area contributed by atoms with Crippen LogP contribution in [0.5, 0.6) is 0 Å². The van der Waals surface area contributed by atoms with Crippen LogP contribution in [0.25, 0.3) is 5.69 Å². The van der Waals surface area contributed by atoms with Crippen molar-refractivity contribution in [2.24, 2.45) is 0 Å². The number of piperazine rings is 1. The van der Waals surface area contributed by atoms with E-state index in [1.54, 1.807) is 6.92 Å². The average molecular weight is 378 g/mol. The minimum Gasteiger partial charge on any atom is -0.369 e. The van der Waals surface area contributed by atoms with Crippen molar-refractivity contribution in [3.63, 3.8) is 0 Å². The number of hydrogen-bond donors (Lipinski definition) is 0. The summed E-state index contributed by atoms with van der Waals surface area (Å²) in [5, 5.41) is 8.01. The molecule has 0 spiro atoms. The van der Waals surface area contributed by atoms with E-state index in [0.717, 1.165) is 37.4 Å². The first-order valence-corrected chi connectivity index (χ1v) is 9.28. The van der Waals surface area contributed by atoms with Gasteiger partial charge in [0.1, 0.15) is 6.67 Å². The molecule has 0 saturated carbocycles. The molecule has 0 atom stereocenters. The lowest BCUT2D eigenvalue weighted by atomic mass is 10.1. The molecular formula is C20H22N6O2. The van der Waals surface area contributed by atoms with Crippen molar-refractivity contribution in [3.8, 4) is 5.69 Å². The van der Waals surface area contributed by atoms with E-state index in [1.165, 1.54) is 9.36 Å². The zero-order valence-electron chi connectivity index (χ0n) is 15.7. The second-order valence-electron chi connectivity index (χ2n) is 6.86. The highest BCUT2D eigenvalue weighted by atomic mass is 16.2. The largest absolute Gasteiger partial charge is 0.369 e.